The minimum Gasteiger partial charge on any atom is -0.494 e. The molecule has 1 aromatic heterocycles. The Morgan fingerprint density at radius 2 is 2.27 bits per heavy atom. The lowest BCUT2D eigenvalue weighted by atomic mass is 10.1. The molecule has 2 rings (SSSR count). The van der Waals surface area contributed by atoms with Gasteiger partial charge in [-0.05, 0) is 32.2 Å². The minimum absolute atomic E-state index is 0.681. The van der Waals surface area contributed by atoms with E-state index >= 15 is 0 Å². The fraction of sp³-hybridized carbons (Fsp3) is 0.333. The van der Waals surface area contributed by atoms with E-state index in [2.05, 4.69) is 5.32 Å². The van der Waals surface area contributed by atoms with Gasteiger partial charge in [0.05, 0.1) is 12.9 Å². The summed E-state index contributed by atoms with van der Waals surface area (Å²) in [6.45, 7) is 3.45. The molecular weight excluding hydrogens is 190 g/mol. The van der Waals surface area contributed by atoms with Crippen molar-refractivity contribution in [1.29, 1.82) is 0 Å². The van der Waals surface area contributed by atoms with Crippen molar-refractivity contribution in [2.75, 3.05) is 13.7 Å². The first-order valence-corrected chi connectivity index (χ1v) is 5.12. The Morgan fingerprint density at radius 1 is 1.40 bits per heavy atom. The van der Waals surface area contributed by atoms with Gasteiger partial charge in [0.25, 0.3) is 0 Å². The van der Waals surface area contributed by atoms with Crippen LogP contribution in [-0.4, -0.2) is 13.7 Å². The zero-order valence-corrected chi connectivity index (χ0v) is 9.04. The summed E-state index contributed by atoms with van der Waals surface area (Å²) in [6.07, 6.45) is 1.70. The molecule has 3 heteroatoms. The second-order valence-electron chi connectivity index (χ2n) is 3.38. The number of fused-ring (bicyclic) bond motifs is 1. The molecule has 0 spiro atoms. The highest BCUT2D eigenvalue weighted by atomic mass is 16.5. The Morgan fingerprint density at radius 3 is 3.00 bits per heavy atom. The van der Waals surface area contributed by atoms with Gasteiger partial charge in [0, 0.05) is 17.5 Å². The number of benzene rings is 1. The summed E-state index contributed by atoms with van der Waals surface area (Å²) in [5, 5.41) is 4.20. The molecule has 0 saturated heterocycles. The van der Waals surface area contributed by atoms with Crippen LogP contribution in [0.1, 0.15) is 12.5 Å². The van der Waals surface area contributed by atoms with E-state index < -0.39 is 0 Å². The second-order valence-corrected chi connectivity index (χ2v) is 3.38. The molecule has 15 heavy (non-hydrogen) atoms. The van der Waals surface area contributed by atoms with Gasteiger partial charge in [-0.3, -0.25) is 0 Å². The van der Waals surface area contributed by atoms with Crippen LogP contribution in [0, 0.1) is 0 Å². The van der Waals surface area contributed by atoms with Crippen LogP contribution < -0.4 is 10.1 Å². The third-order valence-electron chi connectivity index (χ3n) is 2.30. The zero-order valence-electron chi connectivity index (χ0n) is 9.04. The Balaban J connectivity index is 2.47. The van der Waals surface area contributed by atoms with Crippen LogP contribution in [0.4, 0.5) is 0 Å². The number of hydrogen-bond acceptors (Lipinski definition) is 3. The van der Waals surface area contributed by atoms with Gasteiger partial charge in [0.1, 0.15) is 11.3 Å². The van der Waals surface area contributed by atoms with Crippen molar-refractivity contribution in [3.63, 3.8) is 0 Å². The van der Waals surface area contributed by atoms with Crippen LogP contribution in [0.5, 0.6) is 5.75 Å². The molecule has 1 heterocycles. The number of furan rings is 1. The average Bonchev–Trinajstić information content (AvgIpc) is 2.66. The van der Waals surface area contributed by atoms with Crippen molar-refractivity contribution >= 4 is 11.0 Å². The fourth-order valence-corrected chi connectivity index (χ4v) is 1.65. The number of rotatable bonds is 4. The predicted octanol–water partition coefficient (Wildman–Crippen LogP) is 2.55. The summed E-state index contributed by atoms with van der Waals surface area (Å²) in [5.41, 5.74) is 2.03. The van der Waals surface area contributed by atoms with E-state index in [4.69, 9.17) is 9.15 Å². The lowest BCUT2D eigenvalue weighted by molar-refractivity contribution is 0.336. The van der Waals surface area contributed by atoms with Gasteiger partial charge in [0.15, 0.2) is 0 Å². The highest BCUT2D eigenvalue weighted by Gasteiger charge is 2.06. The molecule has 0 saturated carbocycles. The molecular formula is C12H15NO2. The molecule has 2 aromatic rings. The lowest BCUT2D eigenvalue weighted by Crippen LogP contribution is -2.07. The number of hydrogen-bond donors (Lipinski definition) is 1. The number of ether oxygens (including phenoxy) is 1. The van der Waals surface area contributed by atoms with Crippen molar-refractivity contribution in [3.8, 4) is 5.75 Å². The predicted molar refractivity (Wildman–Crippen MR) is 60.1 cm³/mol. The van der Waals surface area contributed by atoms with Crippen molar-refractivity contribution in [3.05, 3.63) is 30.0 Å². The molecule has 80 valence electrons. The van der Waals surface area contributed by atoms with E-state index in [1.807, 2.05) is 32.2 Å². The fourth-order valence-electron chi connectivity index (χ4n) is 1.65. The SMILES string of the molecule is CCOc1cc2ccoc2cc1CNC. The van der Waals surface area contributed by atoms with E-state index in [-0.39, 0.29) is 0 Å². The first-order valence-electron chi connectivity index (χ1n) is 5.12. The van der Waals surface area contributed by atoms with Gasteiger partial charge in [-0.1, -0.05) is 0 Å². The molecule has 1 aromatic carbocycles. The molecule has 3 nitrogen and oxygen atoms in total. The highest BCUT2D eigenvalue weighted by Crippen LogP contribution is 2.26. The maximum absolute atomic E-state index is 5.59. The normalized spacial score (nSPS) is 10.8. The first-order chi connectivity index (χ1) is 7.35. The molecule has 1 N–H and O–H groups in total. The molecule has 0 unspecified atom stereocenters. The maximum atomic E-state index is 5.59. The molecule has 0 amide bonds. The molecule has 0 aliphatic carbocycles. The Kier molecular flexibility index (Phi) is 2.92. The first kappa shape index (κ1) is 10.1. The quantitative estimate of drug-likeness (QED) is 0.833. The van der Waals surface area contributed by atoms with Crippen LogP contribution in [-0.2, 0) is 6.54 Å². The third-order valence-corrected chi connectivity index (χ3v) is 2.30. The monoisotopic (exact) mass is 205 g/mol. The smallest absolute Gasteiger partial charge is 0.134 e. The van der Waals surface area contributed by atoms with Crippen LogP contribution in [0.3, 0.4) is 0 Å². The molecule has 0 fully saturated rings. The van der Waals surface area contributed by atoms with Gasteiger partial charge in [-0.25, -0.2) is 0 Å². The topological polar surface area (TPSA) is 34.4 Å². The second kappa shape index (κ2) is 4.36. The average molecular weight is 205 g/mol. The number of nitrogens with one attached hydrogen (secondary N) is 1. The summed E-state index contributed by atoms with van der Waals surface area (Å²) in [5.74, 6) is 0.931. The Labute approximate surface area is 89.0 Å². The van der Waals surface area contributed by atoms with E-state index in [9.17, 15) is 0 Å². The summed E-state index contributed by atoms with van der Waals surface area (Å²) < 4.78 is 10.9. The molecule has 0 aliphatic heterocycles. The Hall–Kier alpha value is -1.48. The van der Waals surface area contributed by atoms with Crippen molar-refractivity contribution < 1.29 is 9.15 Å². The summed E-state index contributed by atoms with van der Waals surface area (Å²) in [7, 11) is 1.92. The van der Waals surface area contributed by atoms with E-state index in [1.54, 1.807) is 6.26 Å². The summed E-state index contributed by atoms with van der Waals surface area (Å²) in [6, 6.07) is 5.99. The van der Waals surface area contributed by atoms with Crippen LogP contribution in [0.15, 0.2) is 28.9 Å². The largest absolute Gasteiger partial charge is 0.494 e. The van der Waals surface area contributed by atoms with Gasteiger partial charge >= 0.3 is 0 Å². The van der Waals surface area contributed by atoms with Gasteiger partial charge < -0.3 is 14.5 Å². The maximum Gasteiger partial charge on any atom is 0.134 e. The van der Waals surface area contributed by atoms with Crippen LogP contribution >= 0.6 is 0 Å². The third kappa shape index (κ3) is 1.97. The van der Waals surface area contributed by atoms with Crippen molar-refractivity contribution in [2.45, 2.75) is 13.5 Å². The highest BCUT2D eigenvalue weighted by molar-refractivity contribution is 5.80. The zero-order chi connectivity index (χ0) is 10.7. The minimum atomic E-state index is 0.681. The van der Waals surface area contributed by atoms with Gasteiger partial charge in [-0.15, -0.1) is 0 Å². The molecule has 0 radical (unpaired) electrons. The van der Waals surface area contributed by atoms with Crippen molar-refractivity contribution in [1.82, 2.24) is 5.32 Å². The molecule has 0 aliphatic rings. The molecule has 0 bridgehead atoms. The van der Waals surface area contributed by atoms with E-state index in [0.717, 1.165) is 28.8 Å². The molecule has 0 atom stereocenters. The van der Waals surface area contributed by atoms with Gasteiger partial charge in [-0.2, -0.15) is 0 Å². The lowest BCUT2D eigenvalue weighted by Gasteiger charge is -2.09. The Bertz CT molecular complexity index is 408. The van der Waals surface area contributed by atoms with Crippen LogP contribution in [0.2, 0.25) is 0 Å². The summed E-state index contributed by atoms with van der Waals surface area (Å²) in [4.78, 5) is 0. The van der Waals surface area contributed by atoms with Crippen LogP contribution in [0.25, 0.3) is 11.0 Å². The van der Waals surface area contributed by atoms with Crippen molar-refractivity contribution in [2.24, 2.45) is 0 Å². The summed E-state index contributed by atoms with van der Waals surface area (Å²) >= 11 is 0. The van der Waals surface area contributed by atoms with Gasteiger partial charge in [0.2, 0.25) is 0 Å². The van der Waals surface area contributed by atoms with E-state index in [1.165, 1.54) is 0 Å². The van der Waals surface area contributed by atoms with E-state index in [0.29, 0.717) is 6.61 Å². The standard InChI is InChI=1S/C12H15NO2/c1-3-14-12-6-9-4-5-15-11(9)7-10(12)8-13-2/h4-7,13H,3,8H2,1-2H3.